The summed E-state index contributed by atoms with van der Waals surface area (Å²) in [7, 11) is -4.75. The van der Waals surface area contributed by atoms with E-state index in [0.29, 0.717) is 19.3 Å². The third-order valence-corrected chi connectivity index (χ3v) is 11.5. The summed E-state index contributed by atoms with van der Waals surface area (Å²) >= 11 is 0. The number of ether oxygens (including phenoxy) is 3. The molecular formula is C54H93O11P. The molecule has 2 N–H and O–H groups in total. The molecule has 0 amide bonds. The Kier molecular flexibility index (Phi) is 46.1. The Bertz CT molecular complexity index is 1390. The fraction of sp³-hybridized carbons (Fsp3) is 0.722. The molecule has 0 heterocycles. The van der Waals surface area contributed by atoms with E-state index in [1.54, 1.807) is 0 Å². The molecule has 380 valence electrons. The standard InChI is InChI=1S/C54H93O11P/c1-4-7-10-13-16-19-22-24-25-27-29-31-34-37-40-43-52(56)61-47-51(65-54(58)45-42-39-36-33-30-26-23-20-17-14-11-8-5-2)49-63-66(59,60)62-48-50(46-55)64-53(57)44-41-38-35-32-28-21-18-15-12-9-6-3/h7,10,15-16,18-20,23-25,29,31,50-51,55H,4-6,8-9,11-14,17,21-22,26-28,30,32-49H2,1-3H3,(H,59,60)/b10-7-,18-15-,19-16-,23-20-,25-24-,31-29-. The highest BCUT2D eigenvalue weighted by atomic mass is 31.2. The number of rotatable bonds is 47. The Labute approximate surface area is 401 Å². The van der Waals surface area contributed by atoms with Crippen LogP contribution in [0.4, 0.5) is 0 Å². The molecule has 0 rings (SSSR count). The van der Waals surface area contributed by atoms with Crippen molar-refractivity contribution < 1.29 is 52.2 Å². The number of allylic oxidation sites excluding steroid dienone is 12. The van der Waals surface area contributed by atoms with Crippen LogP contribution in [0.25, 0.3) is 0 Å². The molecule has 0 spiro atoms. The first-order valence-electron chi connectivity index (χ1n) is 25.8. The van der Waals surface area contributed by atoms with Gasteiger partial charge >= 0.3 is 25.7 Å². The summed E-state index contributed by atoms with van der Waals surface area (Å²) in [4.78, 5) is 48.2. The van der Waals surface area contributed by atoms with Gasteiger partial charge in [-0.25, -0.2) is 4.57 Å². The van der Waals surface area contributed by atoms with Crippen LogP contribution in [0.1, 0.15) is 213 Å². The molecular weight excluding hydrogens is 856 g/mol. The summed E-state index contributed by atoms with van der Waals surface area (Å²) in [6.45, 7) is 4.38. The van der Waals surface area contributed by atoms with Crippen molar-refractivity contribution in [2.45, 2.75) is 226 Å². The van der Waals surface area contributed by atoms with E-state index in [1.165, 1.54) is 38.5 Å². The van der Waals surface area contributed by atoms with Gasteiger partial charge in [0.05, 0.1) is 19.8 Å². The van der Waals surface area contributed by atoms with Crippen molar-refractivity contribution >= 4 is 25.7 Å². The lowest BCUT2D eigenvalue weighted by Gasteiger charge is -2.21. The quantitative estimate of drug-likeness (QED) is 0.0197. The zero-order valence-electron chi connectivity index (χ0n) is 41.6. The normalized spacial score (nSPS) is 14.1. The third kappa shape index (κ3) is 46.0. The number of hydrogen-bond donors (Lipinski definition) is 2. The maximum atomic E-state index is 12.8. The Morgan fingerprint density at radius 2 is 0.803 bits per heavy atom. The van der Waals surface area contributed by atoms with Gasteiger partial charge in [0.25, 0.3) is 0 Å². The van der Waals surface area contributed by atoms with Crippen molar-refractivity contribution in [1.82, 2.24) is 0 Å². The average Bonchev–Trinajstić information content (AvgIpc) is 3.30. The summed E-state index contributed by atoms with van der Waals surface area (Å²) in [6, 6.07) is 0. The molecule has 3 unspecified atom stereocenters. The van der Waals surface area contributed by atoms with Crippen LogP contribution in [0.3, 0.4) is 0 Å². The second kappa shape index (κ2) is 48.4. The van der Waals surface area contributed by atoms with Crippen LogP contribution in [0.5, 0.6) is 0 Å². The zero-order chi connectivity index (χ0) is 48.4. The van der Waals surface area contributed by atoms with Gasteiger partial charge < -0.3 is 24.2 Å². The molecule has 3 atom stereocenters. The number of aliphatic hydroxyl groups is 1. The molecule has 11 nitrogen and oxygen atoms in total. The highest BCUT2D eigenvalue weighted by Gasteiger charge is 2.28. The summed E-state index contributed by atoms with van der Waals surface area (Å²) in [5, 5.41) is 9.75. The van der Waals surface area contributed by atoms with E-state index in [0.717, 1.165) is 116 Å². The minimum absolute atomic E-state index is 0.146. The van der Waals surface area contributed by atoms with Gasteiger partial charge in [-0.05, 0) is 103 Å². The van der Waals surface area contributed by atoms with Crippen LogP contribution in [0, 0.1) is 0 Å². The smallest absolute Gasteiger partial charge is 0.462 e. The van der Waals surface area contributed by atoms with Crippen LogP contribution in [0.15, 0.2) is 72.9 Å². The molecule has 0 aromatic heterocycles. The maximum Gasteiger partial charge on any atom is 0.472 e. The highest BCUT2D eigenvalue weighted by Crippen LogP contribution is 2.43. The molecule has 12 heteroatoms. The number of phosphoric acid groups is 1. The molecule has 0 saturated heterocycles. The monoisotopic (exact) mass is 949 g/mol. The molecule has 0 aromatic rings. The lowest BCUT2D eigenvalue weighted by Crippen LogP contribution is -2.30. The van der Waals surface area contributed by atoms with Gasteiger partial charge in [0, 0.05) is 19.3 Å². The van der Waals surface area contributed by atoms with E-state index < -0.39 is 57.8 Å². The first kappa shape index (κ1) is 62.9. The van der Waals surface area contributed by atoms with Gasteiger partial charge in [0.1, 0.15) is 12.7 Å². The number of aliphatic hydroxyl groups excluding tert-OH is 1. The first-order chi connectivity index (χ1) is 32.2. The van der Waals surface area contributed by atoms with E-state index in [9.17, 15) is 28.9 Å². The van der Waals surface area contributed by atoms with Gasteiger partial charge in [0.15, 0.2) is 6.10 Å². The van der Waals surface area contributed by atoms with Crippen molar-refractivity contribution in [3.05, 3.63) is 72.9 Å². The van der Waals surface area contributed by atoms with Crippen molar-refractivity contribution in [2.24, 2.45) is 0 Å². The summed E-state index contributed by atoms with van der Waals surface area (Å²) in [5.41, 5.74) is 0. The van der Waals surface area contributed by atoms with Crippen LogP contribution in [-0.2, 0) is 42.2 Å². The van der Waals surface area contributed by atoms with Crippen molar-refractivity contribution in [1.29, 1.82) is 0 Å². The molecule has 0 aliphatic carbocycles. The van der Waals surface area contributed by atoms with Gasteiger partial charge in [-0.15, -0.1) is 0 Å². The molecule has 0 saturated carbocycles. The SMILES string of the molecule is CC/C=C\C/C=C\C/C=C\C/C=C\CCCCC(=O)OCC(COP(=O)(O)OCC(CO)OC(=O)CCCCCCC/C=C\CCCC)OC(=O)CCCCCCC/C=C\CCCCCC. The predicted molar refractivity (Wildman–Crippen MR) is 270 cm³/mol. The van der Waals surface area contributed by atoms with Gasteiger partial charge in [-0.3, -0.25) is 23.4 Å². The minimum atomic E-state index is -4.75. The Hall–Kier alpha value is -3.08. The number of phosphoric ester groups is 1. The first-order valence-corrected chi connectivity index (χ1v) is 27.3. The van der Waals surface area contributed by atoms with Crippen molar-refractivity contribution in [2.75, 3.05) is 26.4 Å². The predicted octanol–water partition coefficient (Wildman–Crippen LogP) is 14.6. The third-order valence-electron chi connectivity index (χ3n) is 10.6. The van der Waals surface area contributed by atoms with E-state index in [-0.39, 0.29) is 25.9 Å². The number of hydrogen-bond acceptors (Lipinski definition) is 10. The van der Waals surface area contributed by atoms with E-state index in [2.05, 4.69) is 93.7 Å². The van der Waals surface area contributed by atoms with Crippen molar-refractivity contribution in [3.63, 3.8) is 0 Å². The zero-order valence-corrected chi connectivity index (χ0v) is 42.5. The van der Waals surface area contributed by atoms with E-state index >= 15 is 0 Å². The van der Waals surface area contributed by atoms with Crippen LogP contribution < -0.4 is 0 Å². The van der Waals surface area contributed by atoms with E-state index in [1.807, 2.05) is 0 Å². The summed E-state index contributed by atoms with van der Waals surface area (Å²) < 4.78 is 39.3. The van der Waals surface area contributed by atoms with Crippen LogP contribution >= 0.6 is 7.82 Å². The largest absolute Gasteiger partial charge is 0.472 e. The fourth-order valence-electron chi connectivity index (χ4n) is 6.61. The highest BCUT2D eigenvalue weighted by molar-refractivity contribution is 7.47. The summed E-state index contributed by atoms with van der Waals surface area (Å²) in [5.74, 6) is -1.54. The van der Waals surface area contributed by atoms with Gasteiger partial charge in [-0.2, -0.15) is 0 Å². The molecule has 0 aliphatic heterocycles. The number of carbonyl (C=O) groups is 3. The molecule has 0 aliphatic rings. The lowest BCUT2D eigenvalue weighted by atomic mass is 10.1. The van der Waals surface area contributed by atoms with Crippen molar-refractivity contribution in [3.8, 4) is 0 Å². The topological polar surface area (TPSA) is 155 Å². The number of unbranched alkanes of at least 4 members (excludes halogenated alkanes) is 18. The number of esters is 3. The Balaban J connectivity index is 4.83. The van der Waals surface area contributed by atoms with Crippen LogP contribution in [0.2, 0.25) is 0 Å². The minimum Gasteiger partial charge on any atom is -0.462 e. The molecule has 0 aromatic carbocycles. The fourth-order valence-corrected chi connectivity index (χ4v) is 7.40. The van der Waals surface area contributed by atoms with Gasteiger partial charge in [-0.1, -0.05) is 164 Å². The van der Waals surface area contributed by atoms with Gasteiger partial charge in [0.2, 0.25) is 0 Å². The Morgan fingerprint density at radius 1 is 0.439 bits per heavy atom. The number of carbonyl (C=O) groups excluding carboxylic acids is 3. The van der Waals surface area contributed by atoms with E-state index in [4.69, 9.17) is 23.3 Å². The lowest BCUT2D eigenvalue weighted by molar-refractivity contribution is -0.161. The second-order valence-corrected chi connectivity index (χ2v) is 18.4. The molecule has 66 heavy (non-hydrogen) atoms. The average molecular weight is 949 g/mol. The second-order valence-electron chi connectivity index (χ2n) is 16.9. The maximum absolute atomic E-state index is 12.8. The molecule has 0 bridgehead atoms. The summed E-state index contributed by atoms with van der Waals surface area (Å²) in [6.07, 6.45) is 51.6. The Morgan fingerprint density at radius 3 is 1.30 bits per heavy atom. The molecule has 0 radical (unpaired) electrons. The molecule has 0 fully saturated rings. The van der Waals surface area contributed by atoms with Crippen LogP contribution in [-0.4, -0.2) is 66.5 Å².